The molecule has 4 heteroatoms. The zero-order valence-electron chi connectivity index (χ0n) is 18.4. The maximum atomic E-state index is 11.3. The van der Waals surface area contributed by atoms with Crippen molar-refractivity contribution in [3.63, 3.8) is 0 Å². The van der Waals surface area contributed by atoms with Gasteiger partial charge in [0.05, 0.1) is 13.2 Å². The highest BCUT2D eigenvalue weighted by Crippen LogP contribution is 2.36. The van der Waals surface area contributed by atoms with E-state index in [4.69, 9.17) is 9.16 Å². The Morgan fingerprint density at radius 2 is 1.40 bits per heavy atom. The molecule has 0 aliphatic rings. The molecular formula is C26H32O3Si. The Hall–Kier alpha value is -2.69. The Morgan fingerprint density at radius 3 is 1.90 bits per heavy atom. The molecule has 0 saturated carbocycles. The lowest BCUT2D eigenvalue weighted by molar-refractivity contribution is -0.137. The zero-order valence-corrected chi connectivity index (χ0v) is 19.4. The van der Waals surface area contributed by atoms with Gasteiger partial charge in [0, 0.05) is 6.08 Å². The summed E-state index contributed by atoms with van der Waals surface area (Å²) in [5.74, 6) is -0.332. The molecule has 3 nitrogen and oxygen atoms in total. The highest BCUT2D eigenvalue weighted by Gasteiger charge is 2.49. The van der Waals surface area contributed by atoms with Crippen molar-refractivity contribution >= 4 is 24.7 Å². The van der Waals surface area contributed by atoms with Gasteiger partial charge >= 0.3 is 5.97 Å². The number of rotatable bonds is 9. The van der Waals surface area contributed by atoms with Gasteiger partial charge in [0.15, 0.2) is 0 Å². The van der Waals surface area contributed by atoms with Gasteiger partial charge in [0.25, 0.3) is 8.32 Å². The fourth-order valence-electron chi connectivity index (χ4n) is 3.52. The molecule has 0 aliphatic heterocycles. The quantitative estimate of drug-likeness (QED) is 0.253. The van der Waals surface area contributed by atoms with Gasteiger partial charge < -0.3 is 9.16 Å². The monoisotopic (exact) mass is 420 g/mol. The normalized spacial score (nSPS) is 12.8. The second kappa shape index (κ2) is 11.5. The summed E-state index contributed by atoms with van der Waals surface area (Å²) in [4.78, 5) is 11.3. The summed E-state index contributed by atoms with van der Waals surface area (Å²) in [5.41, 5.74) is 0. The van der Waals surface area contributed by atoms with Gasteiger partial charge in [-0.3, -0.25) is 0 Å². The van der Waals surface area contributed by atoms with Crippen LogP contribution in [0.25, 0.3) is 0 Å². The molecule has 0 spiro atoms. The Morgan fingerprint density at radius 1 is 0.867 bits per heavy atom. The fraction of sp³-hybridized carbons (Fsp3) is 0.269. The van der Waals surface area contributed by atoms with E-state index in [1.807, 2.05) is 30.4 Å². The number of hydrogen-bond acceptors (Lipinski definition) is 3. The van der Waals surface area contributed by atoms with Crippen molar-refractivity contribution in [1.82, 2.24) is 0 Å². The molecule has 2 aromatic rings. The van der Waals surface area contributed by atoms with Crippen LogP contribution in [-0.2, 0) is 14.0 Å². The Balaban J connectivity index is 2.20. The lowest BCUT2D eigenvalue weighted by Gasteiger charge is -2.42. The summed E-state index contributed by atoms with van der Waals surface area (Å²) in [5, 5.41) is 2.50. The van der Waals surface area contributed by atoms with E-state index in [1.54, 1.807) is 19.1 Å². The van der Waals surface area contributed by atoms with Crippen molar-refractivity contribution in [2.45, 2.75) is 32.7 Å². The van der Waals surface area contributed by atoms with Crippen LogP contribution in [0.1, 0.15) is 27.7 Å². The third-order valence-corrected chi connectivity index (χ3v) is 9.81. The van der Waals surface area contributed by atoms with Crippen LogP contribution in [0, 0.1) is 0 Å². The standard InChI is InChI=1S/C26H32O3Si/c1-5-28-25(27)21-15-7-6-8-16-22-29-30(26(2,3)4,23-17-11-9-12-18-23)24-19-13-10-14-20-24/h6-21H,5,22H2,1-4H3/b7-6+,16-8+,21-15+. The first-order valence-electron chi connectivity index (χ1n) is 10.3. The number of esters is 1. The van der Waals surface area contributed by atoms with E-state index < -0.39 is 8.32 Å². The smallest absolute Gasteiger partial charge is 0.330 e. The average molecular weight is 421 g/mol. The van der Waals surface area contributed by atoms with Crippen LogP contribution < -0.4 is 10.4 Å². The minimum atomic E-state index is -2.50. The molecule has 0 bridgehead atoms. The lowest BCUT2D eigenvalue weighted by atomic mass is 10.2. The third kappa shape index (κ3) is 6.15. The molecule has 0 amide bonds. The molecular weight excluding hydrogens is 388 g/mol. The van der Waals surface area contributed by atoms with Gasteiger partial charge in [-0.2, -0.15) is 0 Å². The highest BCUT2D eigenvalue weighted by molar-refractivity contribution is 6.99. The van der Waals surface area contributed by atoms with E-state index in [0.29, 0.717) is 13.2 Å². The molecule has 0 fully saturated rings. The lowest BCUT2D eigenvalue weighted by Crippen LogP contribution is -2.66. The number of benzene rings is 2. The number of allylic oxidation sites excluding steroid dienone is 4. The van der Waals surface area contributed by atoms with E-state index in [2.05, 4.69) is 69.3 Å². The molecule has 0 atom stereocenters. The van der Waals surface area contributed by atoms with Crippen LogP contribution in [-0.4, -0.2) is 27.5 Å². The van der Waals surface area contributed by atoms with Crippen LogP contribution in [0.2, 0.25) is 5.04 Å². The Kier molecular flexibility index (Phi) is 9.03. The average Bonchev–Trinajstić information content (AvgIpc) is 2.73. The number of carbonyl (C=O) groups is 1. The van der Waals surface area contributed by atoms with Gasteiger partial charge in [0.1, 0.15) is 0 Å². The second-order valence-electron chi connectivity index (χ2n) is 7.90. The third-order valence-electron chi connectivity index (χ3n) is 4.80. The summed E-state index contributed by atoms with van der Waals surface area (Å²) in [6, 6.07) is 21.2. The van der Waals surface area contributed by atoms with Crippen LogP contribution in [0.4, 0.5) is 0 Å². The first-order valence-corrected chi connectivity index (χ1v) is 12.2. The molecule has 158 valence electrons. The highest BCUT2D eigenvalue weighted by atomic mass is 28.4. The Labute approximate surface area is 181 Å². The topological polar surface area (TPSA) is 35.5 Å². The minimum Gasteiger partial charge on any atom is -0.463 e. The van der Waals surface area contributed by atoms with Crippen LogP contribution in [0.15, 0.2) is 97.1 Å². The molecule has 2 rings (SSSR count). The number of carbonyl (C=O) groups excluding carboxylic acids is 1. The molecule has 0 aliphatic carbocycles. The second-order valence-corrected chi connectivity index (χ2v) is 12.2. The predicted octanol–water partition coefficient (Wildman–Crippen LogP) is 4.79. The molecule has 0 heterocycles. The van der Waals surface area contributed by atoms with Crippen molar-refractivity contribution in [3.8, 4) is 0 Å². The number of hydrogen-bond donors (Lipinski definition) is 0. The Bertz CT molecular complexity index is 823. The molecule has 0 aromatic heterocycles. The number of ether oxygens (including phenoxy) is 1. The van der Waals surface area contributed by atoms with Crippen molar-refractivity contribution in [1.29, 1.82) is 0 Å². The molecule has 2 aromatic carbocycles. The van der Waals surface area contributed by atoms with Gasteiger partial charge in [-0.1, -0.05) is 112 Å². The van der Waals surface area contributed by atoms with Crippen molar-refractivity contribution < 1.29 is 14.0 Å². The zero-order chi connectivity index (χ0) is 21.9. The summed E-state index contributed by atoms with van der Waals surface area (Å²) in [6.07, 6.45) is 10.7. The molecule has 0 unspecified atom stereocenters. The fourth-order valence-corrected chi connectivity index (χ4v) is 8.02. The van der Waals surface area contributed by atoms with Crippen LogP contribution in [0.5, 0.6) is 0 Å². The summed E-state index contributed by atoms with van der Waals surface area (Å²) < 4.78 is 11.6. The van der Waals surface area contributed by atoms with Gasteiger partial charge in [-0.25, -0.2) is 4.79 Å². The van der Waals surface area contributed by atoms with Crippen LogP contribution >= 0.6 is 0 Å². The van der Waals surface area contributed by atoms with E-state index in [0.717, 1.165) is 0 Å². The van der Waals surface area contributed by atoms with Gasteiger partial charge in [-0.05, 0) is 22.3 Å². The molecule has 0 radical (unpaired) electrons. The van der Waals surface area contributed by atoms with Gasteiger partial charge in [0.2, 0.25) is 0 Å². The summed E-state index contributed by atoms with van der Waals surface area (Å²) >= 11 is 0. The van der Waals surface area contributed by atoms with E-state index >= 15 is 0 Å². The van der Waals surface area contributed by atoms with Gasteiger partial charge in [-0.15, -0.1) is 0 Å². The first kappa shape index (κ1) is 23.6. The summed E-state index contributed by atoms with van der Waals surface area (Å²) in [6.45, 7) is 9.48. The molecule has 0 saturated heterocycles. The van der Waals surface area contributed by atoms with Crippen LogP contribution in [0.3, 0.4) is 0 Å². The maximum Gasteiger partial charge on any atom is 0.330 e. The van der Waals surface area contributed by atoms with Crippen molar-refractivity contribution in [2.75, 3.05) is 13.2 Å². The van der Waals surface area contributed by atoms with Crippen molar-refractivity contribution in [3.05, 3.63) is 97.1 Å². The largest absolute Gasteiger partial charge is 0.463 e. The van der Waals surface area contributed by atoms with Crippen molar-refractivity contribution in [2.24, 2.45) is 0 Å². The predicted molar refractivity (Wildman–Crippen MR) is 128 cm³/mol. The molecule has 30 heavy (non-hydrogen) atoms. The SMILES string of the molecule is CCOC(=O)/C=C/C=C/C=C/CO[Si](c1ccccc1)(c1ccccc1)C(C)(C)C. The summed E-state index contributed by atoms with van der Waals surface area (Å²) in [7, 11) is -2.50. The first-order chi connectivity index (χ1) is 14.4. The molecule has 0 N–H and O–H groups in total. The van der Waals surface area contributed by atoms with E-state index in [1.165, 1.54) is 16.4 Å². The van der Waals surface area contributed by atoms with E-state index in [9.17, 15) is 4.79 Å². The maximum absolute atomic E-state index is 11.3. The minimum absolute atomic E-state index is 0.0399. The van der Waals surface area contributed by atoms with E-state index in [-0.39, 0.29) is 11.0 Å².